The summed E-state index contributed by atoms with van der Waals surface area (Å²) in [5, 5.41) is 0. The maximum atomic E-state index is 3.39. The first kappa shape index (κ1) is 4.74. The highest BCUT2D eigenvalue weighted by Crippen LogP contribution is 1.78. The van der Waals surface area contributed by atoms with Crippen LogP contribution in [0.2, 0.25) is 0 Å². The molecule has 0 N–H and O–H groups in total. The van der Waals surface area contributed by atoms with Crippen LogP contribution in [-0.2, 0) is 0 Å². The SMILES string of the molecule is C=[C]C[CH]C. The molecule has 0 heteroatoms. The molecule has 2 radical (unpaired) electrons. The molecule has 0 spiro atoms. The summed E-state index contributed by atoms with van der Waals surface area (Å²) in [6.07, 6.45) is 5.62. The molecule has 0 aliphatic rings. The summed E-state index contributed by atoms with van der Waals surface area (Å²) in [5.41, 5.74) is 0. The van der Waals surface area contributed by atoms with Gasteiger partial charge in [-0.05, 0) is 12.8 Å². The van der Waals surface area contributed by atoms with Gasteiger partial charge in [-0.1, -0.05) is 19.6 Å². The maximum Gasteiger partial charge on any atom is -0.0254 e. The van der Waals surface area contributed by atoms with E-state index in [1.807, 2.05) is 13.3 Å². The van der Waals surface area contributed by atoms with Crippen molar-refractivity contribution in [3.8, 4) is 0 Å². The molecule has 0 aromatic heterocycles. The van der Waals surface area contributed by atoms with Crippen molar-refractivity contribution in [2.24, 2.45) is 0 Å². The van der Waals surface area contributed by atoms with Crippen molar-refractivity contribution in [2.75, 3.05) is 0 Å². The molecule has 0 bridgehead atoms. The summed E-state index contributed by atoms with van der Waals surface area (Å²) in [4.78, 5) is 0. The summed E-state index contributed by atoms with van der Waals surface area (Å²) in [5.74, 6) is 0. The standard InChI is InChI=1S/C5H8/c1-3-5-4-2/h4H,1,5H2,2H3. The summed E-state index contributed by atoms with van der Waals surface area (Å²) < 4.78 is 0. The smallest absolute Gasteiger partial charge is 0.0254 e. The quantitative estimate of drug-likeness (QED) is 0.461. The van der Waals surface area contributed by atoms with Gasteiger partial charge in [0, 0.05) is 0 Å². The molecule has 0 amide bonds. The lowest BCUT2D eigenvalue weighted by molar-refractivity contribution is 1.19. The van der Waals surface area contributed by atoms with Crippen LogP contribution in [0.25, 0.3) is 0 Å². The second-order valence-corrected chi connectivity index (χ2v) is 0.862. The highest BCUT2D eigenvalue weighted by atomic mass is 13.7. The lowest BCUT2D eigenvalue weighted by Gasteiger charge is -1.71. The molecule has 0 aromatic carbocycles. The Morgan fingerprint density at radius 2 is 2.60 bits per heavy atom. The highest BCUT2D eigenvalue weighted by Gasteiger charge is 1.63. The molecule has 0 aromatic rings. The van der Waals surface area contributed by atoms with Crippen LogP contribution < -0.4 is 0 Å². The highest BCUT2D eigenvalue weighted by molar-refractivity contribution is 4.64. The van der Waals surface area contributed by atoms with E-state index in [0.717, 1.165) is 6.42 Å². The van der Waals surface area contributed by atoms with Crippen molar-refractivity contribution in [1.82, 2.24) is 0 Å². The Kier molecular flexibility index (Phi) is 3.55. The molecule has 0 fully saturated rings. The molecule has 0 aliphatic heterocycles. The Morgan fingerprint density at radius 1 is 2.00 bits per heavy atom. The van der Waals surface area contributed by atoms with Gasteiger partial charge in [-0.15, -0.1) is 0 Å². The van der Waals surface area contributed by atoms with Crippen LogP contribution in [0.15, 0.2) is 6.58 Å². The van der Waals surface area contributed by atoms with Gasteiger partial charge in [0.25, 0.3) is 0 Å². The van der Waals surface area contributed by atoms with Crippen molar-refractivity contribution in [3.05, 3.63) is 19.1 Å². The average Bonchev–Trinajstić information content (AvgIpc) is 1.41. The van der Waals surface area contributed by atoms with E-state index in [-0.39, 0.29) is 0 Å². The van der Waals surface area contributed by atoms with Crippen molar-refractivity contribution < 1.29 is 0 Å². The van der Waals surface area contributed by atoms with Gasteiger partial charge in [0.2, 0.25) is 0 Å². The molecule has 0 saturated carbocycles. The van der Waals surface area contributed by atoms with Gasteiger partial charge in [0.15, 0.2) is 0 Å². The van der Waals surface area contributed by atoms with Crippen LogP contribution in [0, 0.1) is 12.5 Å². The second-order valence-electron chi connectivity index (χ2n) is 0.862. The van der Waals surface area contributed by atoms with E-state index in [1.54, 1.807) is 0 Å². The van der Waals surface area contributed by atoms with E-state index in [0.29, 0.717) is 0 Å². The van der Waals surface area contributed by atoms with Gasteiger partial charge in [-0.25, -0.2) is 0 Å². The molecule has 0 heterocycles. The molecule has 0 rings (SSSR count). The minimum absolute atomic E-state index is 0.903. The van der Waals surface area contributed by atoms with Crippen LogP contribution in [-0.4, -0.2) is 0 Å². The Balaban J connectivity index is 2.40. The van der Waals surface area contributed by atoms with E-state index < -0.39 is 0 Å². The number of allylic oxidation sites excluding steroid dienone is 1. The Morgan fingerprint density at radius 3 is 2.60 bits per heavy atom. The first-order valence-corrected chi connectivity index (χ1v) is 1.69. The first-order chi connectivity index (χ1) is 2.41. The topological polar surface area (TPSA) is 0 Å². The molecular formula is C5H8. The zero-order valence-corrected chi connectivity index (χ0v) is 3.49. The van der Waals surface area contributed by atoms with Crippen molar-refractivity contribution in [2.45, 2.75) is 13.3 Å². The van der Waals surface area contributed by atoms with E-state index in [4.69, 9.17) is 0 Å². The molecular weight excluding hydrogens is 60.1 g/mol. The molecule has 0 unspecified atom stereocenters. The van der Waals surface area contributed by atoms with Crippen LogP contribution in [0.4, 0.5) is 0 Å². The lowest BCUT2D eigenvalue weighted by atomic mass is 10.3. The maximum absolute atomic E-state index is 3.39. The molecule has 0 atom stereocenters. The van der Waals surface area contributed by atoms with Crippen molar-refractivity contribution >= 4 is 0 Å². The van der Waals surface area contributed by atoms with Gasteiger partial charge in [0.05, 0.1) is 0 Å². The fourth-order valence-corrected chi connectivity index (χ4v) is 0.144. The summed E-state index contributed by atoms with van der Waals surface area (Å²) >= 11 is 0. The van der Waals surface area contributed by atoms with Gasteiger partial charge in [-0.2, -0.15) is 0 Å². The van der Waals surface area contributed by atoms with Gasteiger partial charge in [-0.3, -0.25) is 0 Å². The minimum Gasteiger partial charge on any atom is -0.0956 e. The normalized spacial score (nSPS) is 7.40. The molecule has 0 saturated heterocycles. The third-order valence-corrected chi connectivity index (χ3v) is 0.348. The van der Waals surface area contributed by atoms with E-state index in [9.17, 15) is 0 Å². The van der Waals surface area contributed by atoms with Crippen LogP contribution in [0.3, 0.4) is 0 Å². The van der Waals surface area contributed by atoms with E-state index in [2.05, 4.69) is 12.7 Å². The molecule has 0 aliphatic carbocycles. The molecule has 5 heavy (non-hydrogen) atoms. The predicted octanol–water partition coefficient (Wildman–Crippen LogP) is 1.59. The van der Waals surface area contributed by atoms with E-state index in [1.165, 1.54) is 0 Å². The van der Waals surface area contributed by atoms with Crippen LogP contribution in [0.5, 0.6) is 0 Å². The third kappa shape index (κ3) is 3.74. The number of hydrogen-bond acceptors (Lipinski definition) is 0. The second kappa shape index (κ2) is 3.74. The average molecular weight is 68.1 g/mol. The monoisotopic (exact) mass is 68.1 g/mol. The van der Waals surface area contributed by atoms with Gasteiger partial charge in [0.1, 0.15) is 0 Å². The first-order valence-electron chi connectivity index (χ1n) is 1.69. The molecule has 0 nitrogen and oxygen atoms in total. The van der Waals surface area contributed by atoms with Crippen molar-refractivity contribution in [1.29, 1.82) is 0 Å². The summed E-state index contributed by atoms with van der Waals surface area (Å²) in [6, 6.07) is 0. The summed E-state index contributed by atoms with van der Waals surface area (Å²) in [7, 11) is 0. The number of rotatable bonds is 2. The Bertz CT molecular complexity index is 21.2. The predicted molar refractivity (Wildman–Crippen MR) is 23.5 cm³/mol. The van der Waals surface area contributed by atoms with Crippen LogP contribution in [0.1, 0.15) is 13.3 Å². The fraction of sp³-hybridized carbons (Fsp3) is 0.400. The third-order valence-electron chi connectivity index (χ3n) is 0.348. The number of hydrogen-bond donors (Lipinski definition) is 0. The van der Waals surface area contributed by atoms with Crippen molar-refractivity contribution in [3.63, 3.8) is 0 Å². The minimum atomic E-state index is 0.903. The number of unbranched alkanes of at least 4 members (excludes halogenated alkanes) is 1. The van der Waals surface area contributed by atoms with Gasteiger partial charge >= 0.3 is 0 Å². The zero-order valence-electron chi connectivity index (χ0n) is 3.49. The van der Waals surface area contributed by atoms with Gasteiger partial charge < -0.3 is 0 Å². The Hall–Kier alpha value is -0.260. The Labute approximate surface area is 33.5 Å². The van der Waals surface area contributed by atoms with E-state index >= 15 is 0 Å². The zero-order chi connectivity index (χ0) is 4.12. The lowest BCUT2D eigenvalue weighted by Crippen LogP contribution is -1.55. The fourth-order valence-electron chi connectivity index (χ4n) is 0.144. The largest absolute Gasteiger partial charge is 0.0956 e. The summed E-state index contributed by atoms with van der Waals surface area (Å²) in [6.45, 7) is 5.38. The molecule has 28 valence electrons. The van der Waals surface area contributed by atoms with Crippen LogP contribution >= 0.6 is 0 Å².